The molecule has 0 aliphatic rings. The van der Waals surface area contributed by atoms with Gasteiger partial charge < -0.3 is 8.83 Å². The van der Waals surface area contributed by atoms with Crippen molar-refractivity contribution in [1.82, 2.24) is 15.0 Å². The van der Waals surface area contributed by atoms with E-state index in [4.69, 9.17) is 23.8 Å². The summed E-state index contributed by atoms with van der Waals surface area (Å²) in [6, 6.07) is 55.8. The molecule has 0 aliphatic carbocycles. The largest absolute Gasteiger partial charge is 0.456 e. The van der Waals surface area contributed by atoms with Crippen LogP contribution in [0.4, 0.5) is 0 Å². The monoisotopic (exact) mass is 641 g/mol. The minimum absolute atomic E-state index is 0.578. The van der Waals surface area contributed by atoms with Crippen molar-refractivity contribution in [3.05, 3.63) is 164 Å². The molecule has 234 valence electrons. The lowest BCUT2D eigenvalue weighted by Crippen LogP contribution is -2.00. The summed E-state index contributed by atoms with van der Waals surface area (Å²) in [5.74, 6) is 1.79. The van der Waals surface area contributed by atoms with E-state index in [1.165, 1.54) is 0 Å². The summed E-state index contributed by atoms with van der Waals surface area (Å²) < 4.78 is 12.7. The normalized spacial score (nSPS) is 11.6. The molecule has 50 heavy (non-hydrogen) atoms. The first-order chi connectivity index (χ1) is 24.7. The zero-order valence-corrected chi connectivity index (χ0v) is 26.7. The van der Waals surface area contributed by atoms with Crippen molar-refractivity contribution in [3.8, 4) is 56.4 Å². The van der Waals surface area contributed by atoms with Crippen LogP contribution >= 0.6 is 0 Å². The first-order valence-corrected chi connectivity index (χ1v) is 16.6. The topological polar surface area (TPSA) is 65.0 Å². The zero-order valence-electron chi connectivity index (χ0n) is 26.7. The third-order valence-electron chi connectivity index (χ3n) is 9.35. The van der Waals surface area contributed by atoms with Gasteiger partial charge in [-0.05, 0) is 58.7 Å². The van der Waals surface area contributed by atoms with Crippen molar-refractivity contribution in [3.63, 3.8) is 0 Å². The fourth-order valence-corrected chi connectivity index (χ4v) is 6.89. The Kier molecular flexibility index (Phi) is 6.42. The van der Waals surface area contributed by atoms with Gasteiger partial charge in [0.1, 0.15) is 22.3 Å². The van der Waals surface area contributed by atoms with Crippen molar-refractivity contribution in [2.45, 2.75) is 0 Å². The summed E-state index contributed by atoms with van der Waals surface area (Å²) in [6.45, 7) is 0. The van der Waals surface area contributed by atoms with Gasteiger partial charge in [-0.2, -0.15) is 0 Å². The molecular formula is C45H27N3O2. The first kappa shape index (κ1) is 28.2. The average molecular weight is 642 g/mol. The number of fused-ring (bicyclic) bond motifs is 6. The minimum atomic E-state index is 0.578. The number of aromatic nitrogens is 3. The van der Waals surface area contributed by atoms with Gasteiger partial charge in [0.05, 0.1) is 0 Å². The molecule has 5 nitrogen and oxygen atoms in total. The van der Waals surface area contributed by atoms with Gasteiger partial charge in [-0.15, -0.1) is 0 Å². The van der Waals surface area contributed by atoms with Crippen LogP contribution in [-0.2, 0) is 0 Å². The van der Waals surface area contributed by atoms with Crippen LogP contribution in [0.5, 0.6) is 0 Å². The van der Waals surface area contributed by atoms with E-state index in [0.29, 0.717) is 17.5 Å². The highest BCUT2D eigenvalue weighted by Gasteiger charge is 2.20. The molecule has 0 radical (unpaired) electrons. The summed E-state index contributed by atoms with van der Waals surface area (Å²) in [6.07, 6.45) is 0. The number of para-hydroxylation sites is 2. The van der Waals surface area contributed by atoms with E-state index in [-0.39, 0.29) is 0 Å². The predicted octanol–water partition coefficient (Wildman–Crippen LogP) is 12.0. The summed E-state index contributed by atoms with van der Waals surface area (Å²) in [7, 11) is 0. The number of hydrogen-bond donors (Lipinski definition) is 0. The van der Waals surface area contributed by atoms with Crippen LogP contribution in [0.2, 0.25) is 0 Å². The van der Waals surface area contributed by atoms with Gasteiger partial charge in [0.2, 0.25) is 0 Å². The summed E-state index contributed by atoms with van der Waals surface area (Å²) in [5.41, 5.74) is 10.3. The van der Waals surface area contributed by atoms with Gasteiger partial charge in [0.25, 0.3) is 0 Å². The highest BCUT2D eigenvalue weighted by Crippen LogP contribution is 2.41. The molecule has 0 amide bonds. The maximum absolute atomic E-state index is 6.51. The number of rotatable bonds is 5. The SMILES string of the molecule is c1ccc(-c2ccc(-c3nc(-c4ccccc4)nc(-c4cc(-c5ccc6oc7ccccc7c6c5)cc5oc6ccccc6c45)n3)cc2)cc1. The van der Waals surface area contributed by atoms with Crippen molar-refractivity contribution in [2.75, 3.05) is 0 Å². The van der Waals surface area contributed by atoms with Gasteiger partial charge >= 0.3 is 0 Å². The predicted molar refractivity (Wildman–Crippen MR) is 202 cm³/mol. The molecule has 0 bridgehead atoms. The fraction of sp³-hybridized carbons (Fsp3) is 0. The number of hydrogen-bond acceptors (Lipinski definition) is 5. The Balaban J connectivity index is 1.20. The molecule has 3 heterocycles. The lowest BCUT2D eigenvalue weighted by atomic mass is 9.97. The molecule has 3 aromatic heterocycles. The van der Waals surface area contributed by atoms with Crippen LogP contribution in [0.25, 0.3) is 100 Å². The standard InChI is InChI=1S/C45H27N3O2/c1-3-11-28(12-4-1)29-19-21-31(22-20-29)44-46-43(30-13-5-2-6-14-30)47-45(48-44)37-26-33(27-41-42(37)35-16-8-10-18-39(35)50-41)32-23-24-40-36(25-32)34-15-7-9-17-38(34)49-40/h1-27H. The fourth-order valence-electron chi connectivity index (χ4n) is 6.89. The molecular weight excluding hydrogens is 615 g/mol. The van der Waals surface area contributed by atoms with Gasteiger partial charge in [0, 0.05) is 38.2 Å². The Morgan fingerprint density at radius 1 is 0.300 bits per heavy atom. The van der Waals surface area contributed by atoms with Gasteiger partial charge in [-0.3, -0.25) is 0 Å². The van der Waals surface area contributed by atoms with E-state index < -0.39 is 0 Å². The van der Waals surface area contributed by atoms with Crippen LogP contribution in [0, 0.1) is 0 Å². The van der Waals surface area contributed by atoms with Gasteiger partial charge in [-0.25, -0.2) is 15.0 Å². The van der Waals surface area contributed by atoms with Crippen LogP contribution in [0.1, 0.15) is 0 Å². The molecule has 0 aliphatic heterocycles. The second-order valence-electron chi connectivity index (χ2n) is 12.4. The van der Waals surface area contributed by atoms with E-state index in [0.717, 1.165) is 82.8 Å². The summed E-state index contributed by atoms with van der Waals surface area (Å²) in [5, 5.41) is 4.13. The van der Waals surface area contributed by atoms with Crippen molar-refractivity contribution < 1.29 is 8.83 Å². The third kappa shape index (κ3) is 4.75. The Morgan fingerprint density at radius 2 is 0.800 bits per heavy atom. The van der Waals surface area contributed by atoms with Crippen molar-refractivity contribution in [1.29, 1.82) is 0 Å². The van der Waals surface area contributed by atoms with E-state index in [1.807, 2.05) is 78.9 Å². The van der Waals surface area contributed by atoms with Gasteiger partial charge in [-0.1, -0.05) is 127 Å². The maximum Gasteiger partial charge on any atom is 0.164 e. The van der Waals surface area contributed by atoms with Crippen molar-refractivity contribution >= 4 is 43.9 Å². The molecule has 10 rings (SSSR count). The number of furan rings is 2. The average Bonchev–Trinajstić information content (AvgIpc) is 3.76. The van der Waals surface area contributed by atoms with Crippen LogP contribution in [0.3, 0.4) is 0 Å². The lowest BCUT2D eigenvalue weighted by molar-refractivity contribution is 0.669. The molecule has 0 fully saturated rings. The highest BCUT2D eigenvalue weighted by molar-refractivity contribution is 6.13. The Bertz CT molecular complexity index is 2850. The second-order valence-corrected chi connectivity index (χ2v) is 12.4. The molecule has 0 saturated heterocycles. The molecule has 0 atom stereocenters. The van der Waals surface area contributed by atoms with E-state index in [9.17, 15) is 0 Å². The smallest absolute Gasteiger partial charge is 0.164 e. The Labute approximate surface area is 287 Å². The van der Waals surface area contributed by atoms with E-state index in [2.05, 4.69) is 84.9 Å². The quantitative estimate of drug-likeness (QED) is 0.187. The molecule has 5 heteroatoms. The number of benzene rings is 7. The Hall–Kier alpha value is -6.85. The molecule has 7 aromatic carbocycles. The minimum Gasteiger partial charge on any atom is -0.456 e. The Morgan fingerprint density at radius 3 is 1.54 bits per heavy atom. The van der Waals surface area contributed by atoms with Gasteiger partial charge in [0.15, 0.2) is 17.5 Å². The zero-order chi connectivity index (χ0) is 33.0. The second kappa shape index (κ2) is 11.4. The van der Waals surface area contributed by atoms with Crippen LogP contribution in [0.15, 0.2) is 173 Å². The summed E-state index contributed by atoms with van der Waals surface area (Å²) in [4.78, 5) is 15.3. The summed E-state index contributed by atoms with van der Waals surface area (Å²) >= 11 is 0. The lowest BCUT2D eigenvalue weighted by Gasteiger charge is -2.11. The maximum atomic E-state index is 6.51. The third-order valence-corrected chi connectivity index (χ3v) is 9.35. The van der Waals surface area contributed by atoms with E-state index in [1.54, 1.807) is 0 Å². The van der Waals surface area contributed by atoms with Crippen LogP contribution < -0.4 is 0 Å². The molecule has 10 aromatic rings. The molecule has 0 spiro atoms. The van der Waals surface area contributed by atoms with Crippen molar-refractivity contribution in [2.24, 2.45) is 0 Å². The molecule has 0 unspecified atom stereocenters. The van der Waals surface area contributed by atoms with Crippen LogP contribution in [-0.4, -0.2) is 15.0 Å². The number of nitrogens with zero attached hydrogens (tertiary/aromatic N) is 3. The molecule has 0 saturated carbocycles. The molecule has 0 N–H and O–H groups in total. The first-order valence-electron chi connectivity index (χ1n) is 16.6. The van der Waals surface area contributed by atoms with E-state index >= 15 is 0 Å². The highest BCUT2D eigenvalue weighted by atomic mass is 16.3.